The highest BCUT2D eigenvalue weighted by atomic mass is 32.2. The predicted molar refractivity (Wildman–Crippen MR) is 74.1 cm³/mol. The maximum Gasteiger partial charge on any atom is 0.258 e. The normalized spacial score (nSPS) is 21.3. The standard InChI is InChI=1S/C13H21N3O2S/c1-4-14-8-10-5-6-12(15-9-10)19(17,18)16-11-7-13(11,2)3/h5-6,9,11,14,16H,4,7-8H2,1-3H3. The van der Waals surface area contributed by atoms with Crippen LogP contribution in [0.4, 0.5) is 0 Å². The molecule has 0 bridgehead atoms. The van der Waals surface area contributed by atoms with Crippen molar-refractivity contribution in [2.75, 3.05) is 6.54 Å². The van der Waals surface area contributed by atoms with E-state index < -0.39 is 10.0 Å². The maximum absolute atomic E-state index is 12.1. The van der Waals surface area contributed by atoms with E-state index in [4.69, 9.17) is 0 Å². The monoisotopic (exact) mass is 283 g/mol. The van der Waals surface area contributed by atoms with Crippen LogP contribution in [0, 0.1) is 5.41 Å². The van der Waals surface area contributed by atoms with Crippen molar-refractivity contribution in [3.8, 4) is 0 Å². The molecule has 0 spiro atoms. The highest BCUT2D eigenvalue weighted by molar-refractivity contribution is 7.89. The van der Waals surface area contributed by atoms with Gasteiger partial charge in [-0.1, -0.05) is 26.8 Å². The Balaban J connectivity index is 2.04. The number of hydrogen-bond acceptors (Lipinski definition) is 4. The van der Waals surface area contributed by atoms with Gasteiger partial charge in [0.25, 0.3) is 10.0 Å². The molecule has 1 saturated carbocycles. The molecular weight excluding hydrogens is 262 g/mol. The minimum atomic E-state index is -3.49. The van der Waals surface area contributed by atoms with Crippen molar-refractivity contribution < 1.29 is 8.42 Å². The van der Waals surface area contributed by atoms with Gasteiger partial charge in [0.2, 0.25) is 0 Å². The van der Waals surface area contributed by atoms with E-state index in [1.54, 1.807) is 18.3 Å². The van der Waals surface area contributed by atoms with Gasteiger partial charge in [-0.15, -0.1) is 0 Å². The molecule has 1 atom stereocenters. The first-order valence-corrected chi connectivity index (χ1v) is 8.01. The van der Waals surface area contributed by atoms with Crippen molar-refractivity contribution in [2.45, 2.75) is 44.8 Å². The van der Waals surface area contributed by atoms with Crippen LogP contribution in [0.3, 0.4) is 0 Å². The molecule has 2 rings (SSSR count). The van der Waals surface area contributed by atoms with Gasteiger partial charge in [-0.05, 0) is 30.0 Å². The quantitative estimate of drug-likeness (QED) is 0.825. The second kappa shape index (κ2) is 5.19. The minimum Gasteiger partial charge on any atom is -0.313 e. The summed E-state index contributed by atoms with van der Waals surface area (Å²) in [7, 11) is -3.49. The molecule has 106 valence electrons. The van der Waals surface area contributed by atoms with Crippen molar-refractivity contribution in [3.05, 3.63) is 23.9 Å². The Labute approximate surface area is 114 Å². The molecule has 1 fully saturated rings. The van der Waals surface area contributed by atoms with Crippen LogP contribution in [0.15, 0.2) is 23.4 Å². The first-order chi connectivity index (χ1) is 8.85. The molecule has 1 unspecified atom stereocenters. The Morgan fingerprint density at radius 2 is 2.11 bits per heavy atom. The zero-order valence-electron chi connectivity index (χ0n) is 11.6. The molecule has 6 heteroatoms. The average Bonchev–Trinajstić information content (AvgIpc) is 2.93. The van der Waals surface area contributed by atoms with Crippen LogP contribution < -0.4 is 10.0 Å². The Morgan fingerprint density at radius 3 is 2.58 bits per heavy atom. The van der Waals surface area contributed by atoms with Crippen molar-refractivity contribution in [1.82, 2.24) is 15.0 Å². The predicted octanol–water partition coefficient (Wildman–Crippen LogP) is 1.27. The summed E-state index contributed by atoms with van der Waals surface area (Å²) in [6, 6.07) is 3.38. The van der Waals surface area contributed by atoms with E-state index in [2.05, 4.69) is 15.0 Å². The highest BCUT2D eigenvalue weighted by Crippen LogP contribution is 2.45. The molecular formula is C13H21N3O2S. The van der Waals surface area contributed by atoms with Crippen LogP contribution in [-0.2, 0) is 16.6 Å². The molecule has 0 aliphatic heterocycles. The zero-order valence-corrected chi connectivity index (χ0v) is 12.4. The van der Waals surface area contributed by atoms with Gasteiger partial charge in [-0.2, -0.15) is 0 Å². The molecule has 1 aliphatic carbocycles. The Hall–Kier alpha value is -0.980. The number of hydrogen-bond donors (Lipinski definition) is 2. The third-order valence-electron chi connectivity index (χ3n) is 3.46. The summed E-state index contributed by atoms with van der Waals surface area (Å²) in [5.74, 6) is 0. The number of nitrogens with zero attached hydrogens (tertiary/aromatic N) is 1. The van der Waals surface area contributed by atoms with E-state index >= 15 is 0 Å². The summed E-state index contributed by atoms with van der Waals surface area (Å²) in [4.78, 5) is 4.04. The third-order valence-corrected chi connectivity index (χ3v) is 4.85. The van der Waals surface area contributed by atoms with Crippen molar-refractivity contribution in [2.24, 2.45) is 5.41 Å². The van der Waals surface area contributed by atoms with Crippen LogP contribution in [0.2, 0.25) is 0 Å². The number of sulfonamides is 1. The summed E-state index contributed by atoms with van der Waals surface area (Å²) < 4.78 is 26.9. The Bertz CT molecular complexity index is 538. The van der Waals surface area contributed by atoms with E-state index in [9.17, 15) is 8.42 Å². The molecule has 1 aliphatic rings. The van der Waals surface area contributed by atoms with Crippen molar-refractivity contribution in [1.29, 1.82) is 0 Å². The summed E-state index contributed by atoms with van der Waals surface area (Å²) in [6.45, 7) is 7.69. The van der Waals surface area contributed by atoms with Crippen LogP contribution in [0.5, 0.6) is 0 Å². The van der Waals surface area contributed by atoms with Crippen LogP contribution in [-0.4, -0.2) is 26.0 Å². The molecule has 2 N–H and O–H groups in total. The third kappa shape index (κ3) is 3.52. The zero-order chi connectivity index (χ0) is 14.1. The molecule has 1 heterocycles. The summed E-state index contributed by atoms with van der Waals surface area (Å²) in [5.41, 5.74) is 1.05. The largest absolute Gasteiger partial charge is 0.313 e. The van der Waals surface area contributed by atoms with E-state index in [1.165, 1.54) is 0 Å². The SMILES string of the molecule is CCNCc1ccc(S(=O)(=O)NC2CC2(C)C)nc1. The fourth-order valence-electron chi connectivity index (χ4n) is 1.86. The second-order valence-electron chi connectivity index (χ2n) is 5.65. The van der Waals surface area contributed by atoms with Gasteiger partial charge in [0, 0.05) is 18.8 Å². The number of nitrogens with one attached hydrogen (secondary N) is 2. The summed E-state index contributed by atoms with van der Waals surface area (Å²) >= 11 is 0. The van der Waals surface area contributed by atoms with Gasteiger partial charge in [0.1, 0.15) is 0 Å². The smallest absolute Gasteiger partial charge is 0.258 e. The van der Waals surface area contributed by atoms with Gasteiger partial charge in [0.15, 0.2) is 5.03 Å². The topological polar surface area (TPSA) is 71.1 Å². The van der Waals surface area contributed by atoms with Gasteiger partial charge >= 0.3 is 0 Å². The van der Waals surface area contributed by atoms with Gasteiger partial charge in [-0.25, -0.2) is 18.1 Å². The fraction of sp³-hybridized carbons (Fsp3) is 0.615. The van der Waals surface area contributed by atoms with Gasteiger partial charge in [-0.3, -0.25) is 0 Å². The van der Waals surface area contributed by atoms with E-state index in [0.717, 1.165) is 18.5 Å². The molecule has 0 radical (unpaired) electrons. The lowest BCUT2D eigenvalue weighted by Gasteiger charge is -2.08. The summed E-state index contributed by atoms with van der Waals surface area (Å²) in [6.07, 6.45) is 2.49. The van der Waals surface area contributed by atoms with Crippen LogP contribution >= 0.6 is 0 Å². The van der Waals surface area contributed by atoms with Crippen LogP contribution in [0.25, 0.3) is 0 Å². The Morgan fingerprint density at radius 1 is 1.42 bits per heavy atom. The fourth-order valence-corrected chi connectivity index (χ4v) is 3.20. The molecule has 0 amide bonds. The van der Waals surface area contributed by atoms with Crippen molar-refractivity contribution in [3.63, 3.8) is 0 Å². The summed E-state index contributed by atoms with van der Waals surface area (Å²) in [5, 5.41) is 3.26. The first kappa shape index (κ1) is 14.4. The molecule has 1 aromatic rings. The van der Waals surface area contributed by atoms with E-state index in [1.807, 2.05) is 20.8 Å². The van der Waals surface area contributed by atoms with Crippen LogP contribution in [0.1, 0.15) is 32.8 Å². The highest BCUT2D eigenvalue weighted by Gasteiger charge is 2.48. The number of aromatic nitrogens is 1. The lowest BCUT2D eigenvalue weighted by atomic mass is 10.2. The Kier molecular flexibility index (Phi) is 3.94. The molecule has 1 aromatic heterocycles. The maximum atomic E-state index is 12.1. The minimum absolute atomic E-state index is 0.0285. The van der Waals surface area contributed by atoms with E-state index in [-0.39, 0.29) is 16.5 Å². The average molecular weight is 283 g/mol. The lowest BCUT2D eigenvalue weighted by molar-refractivity contribution is 0.552. The number of pyridine rings is 1. The van der Waals surface area contributed by atoms with E-state index in [0.29, 0.717) is 6.54 Å². The lowest BCUT2D eigenvalue weighted by Crippen LogP contribution is -2.29. The molecule has 0 aromatic carbocycles. The number of rotatable bonds is 6. The van der Waals surface area contributed by atoms with Gasteiger partial charge < -0.3 is 5.32 Å². The molecule has 0 saturated heterocycles. The first-order valence-electron chi connectivity index (χ1n) is 6.53. The second-order valence-corrected chi connectivity index (χ2v) is 7.31. The molecule has 19 heavy (non-hydrogen) atoms. The van der Waals surface area contributed by atoms with Crippen molar-refractivity contribution >= 4 is 10.0 Å². The van der Waals surface area contributed by atoms with Gasteiger partial charge in [0.05, 0.1) is 0 Å². The molecule has 5 nitrogen and oxygen atoms in total.